The highest BCUT2D eigenvalue weighted by molar-refractivity contribution is 9.08. The van der Waals surface area contributed by atoms with E-state index in [1.165, 1.54) is 0 Å². The van der Waals surface area contributed by atoms with Crippen LogP contribution in [0.25, 0.3) is 10.1 Å². The summed E-state index contributed by atoms with van der Waals surface area (Å²) in [6.07, 6.45) is 0. The summed E-state index contributed by atoms with van der Waals surface area (Å²) < 4.78 is 19.1. The van der Waals surface area contributed by atoms with Crippen molar-refractivity contribution in [2.24, 2.45) is 0 Å². The van der Waals surface area contributed by atoms with E-state index in [2.05, 4.69) is 15.9 Å². The van der Waals surface area contributed by atoms with Crippen molar-refractivity contribution in [2.75, 3.05) is 7.11 Å². The second-order valence-corrected chi connectivity index (χ2v) is 4.48. The van der Waals surface area contributed by atoms with Crippen LogP contribution < -0.4 is 4.74 Å². The van der Waals surface area contributed by atoms with Crippen LogP contribution >= 0.6 is 27.3 Å². The first-order valence-corrected chi connectivity index (χ1v) is 6.00. The average molecular weight is 275 g/mol. The summed E-state index contributed by atoms with van der Waals surface area (Å²) >= 11 is 4.51. The van der Waals surface area contributed by atoms with Crippen LogP contribution in [0.1, 0.15) is 5.56 Å². The molecule has 0 saturated heterocycles. The molecule has 1 aromatic heterocycles. The third-order valence-electron chi connectivity index (χ3n) is 2.03. The van der Waals surface area contributed by atoms with Crippen LogP contribution in [-0.4, -0.2) is 7.11 Å². The molecular formula is C10H8BrFOS. The third-order valence-corrected chi connectivity index (χ3v) is 3.52. The molecule has 2 aromatic rings. The van der Waals surface area contributed by atoms with Crippen LogP contribution in [0, 0.1) is 5.13 Å². The Balaban J connectivity index is 2.68. The van der Waals surface area contributed by atoms with Crippen molar-refractivity contribution in [2.45, 2.75) is 5.33 Å². The van der Waals surface area contributed by atoms with E-state index in [4.69, 9.17) is 4.74 Å². The van der Waals surface area contributed by atoms with Crippen molar-refractivity contribution >= 4 is 37.4 Å². The maximum Gasteiger partial charge on any atom is 0.177 e. The lowest BCUT2D eigenvalue weighted by molar-refractivity contribution is 0.412. The molecule has 0 aliphatic rings. The van der Waals surface area contributed by atoms with Gasteiger partial charge in [-0.2, -0.15) is 4.39 Å². The maximum absolute atomic E-state index is 13.0. The number of halogens is 2. The van der Waals surface area contributed by atoms with Crippen LogP contribution in [0.5, 0.6) is 5.75 Å². The van der Waals surface area contributed by atoms with Crippen LogP contribution in [0.3, 0.4) is 0 Å². The molecule has 0 saturated carbocycles. The first kappa shape index (κ1) is 9.93. The second-order valence-electron chi connectivity index (χ2n) is 2.89. The molecule has 0 atom stereocenters. The Morgan fingerprint density at radius 2 is 2.21 bits per heavy atom. The van der Waals surface area contributed by atoms with Gasteiger partial charge in [-0.1, -0.05) is 15.9 Å². The van der Waals surface area contributed by atoms with E-state index in [0.717, 1.165) is 32.7 Å². The molecule has 4 heteroatoms. The predicted octanol–water partition coefficient (Wildman–Crippen LogP) is 3.94. The van der Waals surface area contributed by atoms with Crippen molar-refractivity contribution in [1.82, 2.24) is 0 Å². The fourth-order valence-corrected chi connectivity index (χ4v) is 2.61. The molecule has 14 heavy (non-hydrogen) atoms. The number of fused-ring (bicyclic) bond motifs is 1. The predicted molar refractivity (Wildman–Crippen MR) is 61.0 cm³/mol. The maximum atomic E-state index is 13.0. The third kappa shape index (κ3) is 1.64. The van der Waals surface area contributed by atoms with Crippen LogP contribution in [0.4, 0.5) is 4.39 Å². The SMILES string of the molecule is COc1cc2sc(F)cc2cc1CBr. The standard InChI is InChI=1S/C10H8BrFOS/c1-13-8-4-9-6(2-7(8)5-11)3-10(12)14-9/h2-4H,5H2,1H3. The van der Waals surface area contributed by atoms with E-state index in [9.17, 15) is 4.39 Å². The number of alkyl halides is 1. The van der Waals surface area contributed by atoms with Gasteiger partial charge in [0.2, 0.25) is 0 Å². The Morgan fingerprint density at radius 1 is 1.43 bits per heavy atom. The van der Waals surface area contributed by atoms with Crippen molar-refractivity contribution < 1.29 is 9.13 Å². The molecule has 0 amide bonds. The molecular weight excluding hydrogens is 267 g/mol. The van der Waals surface area contributed by atoms with E-state index >= 15 is 0 Å². The Labute approximate surface area is 93.6 Å². The number of hydrogen-bond acceptors (Lipinski definition) is 2. The summed E-state index contributed by atoms with van der Waals surface area (Å²) in [5.41, 5.74) is 1.04. The quantitative estimate of drug-likeness (QED) is 0.754. The Hall–Kier alpha value is -0.610. The summed E-state index contributed by atoms with van der Waals surface area (Å²) in [5.74, 6) is 0.802. The molecule has 0 fully saturated rings. The normalized spacial score (nSPS) is 10.8. The van der Waals surface area contributed by atoms with Gasteiger partial charge in [0.05, 0.1) is 7.11 Å². The number of ether oxygens (including phenoxy) is 1. The van der Waals surface area contributed by atoms with Gasteiger partial charge in [-0.15, -0.1) is 11.3 Å². The van der Waals surface area contributed by atoms with Crippen molar-refractivity contribution in [3.8, 4) is 5.75 Å². The zero-order valence-electron chi connectivity index (χ0n) is 7.51. The minimum Gasteiger partial charge on any atom is -0.496 e. The lowest BCUT2D eigenvalue weighted by atomic mass is 10.2. The molecule has 0 aliphatic carbocycles. The van der Waals surface area contributed by atoms with Gasteiger partial charge in [-0.3, -0.25) is 0 Å². The Kier molecular flexibility index (Phi) is 2.74. The number of thiophene rings is 1. The van der Waals surface area contributed by atoms with Crippen LogP contribution in [-0.2, 0) is 5.33 Å². The molecule has 0 aliphatic heterocycles. The first-order valence-electron chi connectivity index (χ1n) is 4.06. The molecule has 0 bridgehead atoms. The highest BCUT2D eigenvalue weighted by Gasteiger charge is 2.07. The van der Waals surface area contributed by atoms with Crippen molar-refractivity contribution in [1.29, 1.82) is 0 Å². The summed E-state index contributed by atoms with van der Waals surface area (Å²) in [7, 11) is 1.62. The minimum absolute atomic E-state index is 0.159. The summed E-state index contributed by atoms with van der Waals surface area (Å²) in [5, 5.41) is 1.49. The van der Waals surface area contributed by atoms with Gasteiger partial charge in [-0.25, -0.2) is 0 Å². The monoisotopic (exact) mass is 274 g/mol. The van der Waals surface area contributed by atoms with Gasteiger partial charge in [-0.05, 0) is 23.6 Å². The first-order chi connectivity index (χ1) is 6.74. The molecule has 0 radical (unpaired) electrons. The average Bonchev–Trinajstić information content (AvgIpc) is 2.54. The topological polar surface area (TPSA) is 9.23 Å². The van der Waals surface area contributed by atoms with Gasteiger partial charge >= 0.3 is 0 Å². The lowest BCUT2D eigenvalue weighted by Crippen LogP contribution is -1.88. The fourth-order valence-electron chi connectivity index (χ4n) is 1.38. The smallest absolute Gasteiger partial charge is 0.177 e. The van der Waals surface area contributed by atoms with Gasteiger partial charge in [0.1, 0.15) is 5.75 Å². The van der Waals surface area contributed by atoms with Gasteiger partial charge in [0.15, 0.2) is 5.13 Å². The molecule has 1 aromatic carbocycles. The largest absolute Gasteiger partial charge is 0.496 e. The highest BCUT2D eigenvalue weighted by atomic mass is 79.9. The van der Waals surface area contributed by atoms with E-state index in [1.54, 1.807) is 13.2 Å². The number of hydrogen-bond donors (Lipinski definition) is 0. The molecule has 1 heterocycles. The molecule has 1 nitrogen and oxygen atoms in total. The van der Waals surface area contributed by atoms with Crippen molar-refractivity contribution in [3.63, 3.8) is 0 Å². The number of rotatable bonds is 2. The summed E-state index contributed by atoms with van der Waals surface area (Å²) in [6, 6.07) is 5.37. The molecule has 0 N–H and O–H groups in total. The lowest BCUT2D eigenvalue weighted by Gasteiger charge is -2.05. The highest BCUT2D eigenvalue weighted by Crippen LogP contribution is 2.32. The molecule has 0 unspecified atom stereocenters. The van der Waals surface area contributed by atoms with Crippen LogP contribution in [0.15, 0.2) is 18.2 Å². The fraction of sp³-hybridized carbons (Fsp3) is 0.200. The van der Waals surface area contributed by atoms with Gasteiger partial charge in [0.25, 0.3) is 0 Å². The van der Waals surface area contributed by atoms with E-state index in [-0.39, 0.29) is 5.13 Å². The van der Waals surface area contributed by atoms with E-state index in [0.29, 0.717) is 5.33 Å². The van der Waals surface area contributed by atoms with Gasteiger partial charge < -0.3 is 4.74 Å². The second kappa shape index (κ2) is 3.87. The molecule has 0 spiro atoms. The summed E-state index contributed by atoms with van der Waals surface area (Å²) in [4.78, 5) is 0. The van der Waals surface area contributed by atoms with E-state index < -0.39 is 0 Å². The Bertz CT molecular complexity index is 425. The number of benzene rings is 1. The molecule has 74 valence electrons. The number of methoxy groups -OCH3 is 1. The zero-order chi connectivity index (χ0) is 10.1. The summed E-state index contributed by atoms with van der Waals surface area (Å²) in [6.45, 7) is 0. The molecule has 2 rings (SSSR count). The van der Waals surface area contributed by atoms with Crippen LogP contribution in [0.2, 0.25) is 0 Å². The van der Waals surface area contributed by atoms with E-state index in [1.807, 2.05) is 12.1 Å². The van der Waals surface area contributed by atoms with Gasteiger partial charge in [0, 0.05) is 15.6 Å². The van der Waals surface area contributed by atoms with Crippen molar-refractivity contribution in [3.05, 3.63) is 28.9 Å². The zero-order valence-corrected chi connectivity index (χ0v) is 9.91. The minimum atomic E-state index is -0.159. The Morgan fingerprint density at radius 3 is 2.86 bits per heavy atom.